The molecule has 0 spiro atoms. The van der Waals surface area contributed by atoms with Crippen LogP contribution in [0, 0.1) is 5.82 Å². The number of nitrogens with zero attached hydrogens (tertiary/aromatic N) is 5. The van der Waals surface area contributed by atoms with Gasteiger partial charge < -0.3 is 0 Å². The molecule has 6 heteroatoms. The van der Waals surface area contributed by atoms with E-state index in [1.807, 2.05) is 30.3 Å². The van der Waals surface area contributed by atoms with E-state index >= 15 is 0 Å². The van der Waals surface area contributed by atoms with Crippen LogP contribution in [0.4, 0.5) is 4.39 Å². The lowest BCUT2D eigenvalue weighted by molar-refractivity contribution is 0.625. The molecule has 0 N–H and O–H groups in total. The fourth-order valence-electron chi connectivity index (χ4n) is 2.57. The molecule has 0 aliphatic carbocycles. The second-order valence-corrected chi connectivity index (χ2v) is 5.46. The van der Waals surface area contributed by atoms with E-state index in [1.54, 1.807) is 23.0 Å². The van der Waals surface area contributed by atoms with Gasteiger partial charge in [0.1, 0.15) is 11.3 Å². The predicted octanol–water partition coefficient (Wildman–Crippen LogP) is 3.02. The third kappa shape index (κ3) is 2.59. The fraction of sp³-hybridized carbons (Fsp3) is 0.118. The van der Waals surface area contributed by atoms with Gasteiger partial charge in [0.25, 0.3) is 0 Å². The van der Waals surface area contributed by atoms with Crippen LogP contribution in [0.15, 0.2) is 55.1 Å². The molecule has 114 valence electrons. The summed E-state index contributed by atoms with van der Waals surface area (Å²) >= 11 is 0. The van der Waals surface area contributed by atoms with Gasteiger partial charge in [-0.15, -0.1) is 0 Å². The molecule has 3 aromatic heterocycles. The van der Waals surface area contributed by atoms with Crippen molar-refractivity contribution in [1.82, 2.24) is 24.5 Å². The molecule has 0 radical (unpaired) electrons. The summed E-state index contributed by atoms with van der Waals surface area (Å²) in [5, 5.41) is 8.58. The smallest absolute Gasteiger partial charge is 0.123 e. The number of rotatable bonds is 3. The second-order valence-electron chi connectivity index (χ2n) is 5.46. The summed E-state index contributed by atoms with van der Waals surface area (Å²) < 4.78 is 16.7. The van der Waals surface area contributed by atoms with Crippen molar-refractivity contribution in [1.29, 1.82) is 0 Å². The minimum absolute atomic E-state index is 0.236. The number of hydrogen-bond donors (Lipinski definition) is 0. The van der Waals surface area contributed by atoms with Crippen molar-refractivity contribution in [2.45, 2.75) is 6.54 Å². The van der Waals surface area contributed by atoms with Crippen LogP contribution in [0.25, 0.3) is 22.2 Å². The van der Waals surface area contributed by atoms with Crippen molar-refractivity contribution < 1.29 is 4.39 Å². The lowest BCUT2D eigenvalue weighted by Gasteiger charge is -2.05. The highest BCUT2D eigenvalue weighted by molar-refractivity contribution is 5.80. The summed E-state index contributed by atoms with van der Waals surface area (Å²) in [5.74, 6) is -0.236. The maximum Gasteiger partial charge on any atom is 0.123 e. The van der Waals surface area contributed by atoms with E-state index in [4.69, 9.17) is 0 Å². The molecule has 1 aromatic carbocycles. The molecule has 0 aliphatic heterocycles. The number of hydrogen-bond acceptors (Lipinski definition) is 3. The van der Waals surface area contributed by atoms with Gasteiger partial charge in [-0.05, 0) is 23.8 Å². The summed E-state index contributed by atoms with van der Waals surface area (Å²) in [6.45, 7) is 0.571. The average molecular weight is 307 g/mol. The average Bonchev–Trinajstić information content (AvgIpc) is 3.16. The van der Waals surface area contributed by atoms with Gasteiger partial charge in [0.2, 0.25) is 0 Å². The highest BCUT2D eigenvalue weighted by Gasteiger charge is 2.08. The van der Waals surface area contributed by atoms with Crippen LogP contribution in [0.3, 0.4) is 0 Å². The molecule has 4 aromatic rings. The maximum atomic E-state index is 13.0. The Hall–Kier alpha value is -3.02. The topological polar surface area (TPSA) is 48.5 Å². The minimum atomic E-state index is -0.236. The van der Waals surface area contributed by atoms with Crippen LogP contribution in [-0.2, 0) is 13.6 Å². The van der Waals surface area contributed by atoms with E-state index in [9.17, 15) is 4.39 Å². The van der Waals surface area contributed by atoms with Crippen molar-refractivity contribution >= 4 is 11.0 Å². The van der Waals surface area contributed by atoms with Crippen molar-refractivity contribution in [3.8, 4) is 11.1 Å². The molecule has 5 nitrogen and oxygen atoms in total. The Bertz CT molecular complexity index is 968. The Kier molecular flexibility index (Phi) is 3.15. The Labute approximate surface area is 132 Å². The minimum Gasteiger partial charge on any atom is -0.275 e. The Morgan fingerprint density at radius 2 is 1.83 bits per heavy atom. The fourth-order valence-corrected chi connectivity index (χ4v) is 2.57. The van der Waals surface area contributed by atoms with E-state index in [0.717, 1.165) is 27.7 Å². The van der Waals surface area contributed by atoms with Crippen molar-refractivity contribution in [2.75, 3.05) is 0 Å². The highest BCUT2D eigenvalue weighted by Crippen LogP contribution is 2.22. The molecule has 0 saturated carbocycles. The number of aromatic nitrogens is 5. The van der Waals surface area contributed by atoms with Gasteiger partial charge in [0, 0.05) is 30.6 Å². The molecular formula is C17H14FN5. The third-order valence-electron chi connectivity index (χ3n) is 3.78. The molecule has 3 heterocycles. The first kappa shape index (κ1) is 13.6. The molecule has 0 bridgehead atoms. The van der Waals surface area contributed by atoms with Gasteiger partial charge in [-0.1, -0.05) is 12.1 Å². The number of benzene rings is 1. The van der Waals surface area contributed by atoms with Gasteiger partial charge in [-0.2, -0.15) is 10.2 Å². The summed E-state index contributed by atoms with van der Waals surface area (Å²) in [4.78, 5) is 4.46. The zero-order valence-corrected chi connectivity index (χ0v) is 12.5. The first-order chi connectivity index (χ1) is 11.2. The lowest BCUT2D eigenvalue weighted by atomic mass is 10.1. The van der Waals surface area contributed by atoms with Gasteiger partial charge >= 0.3 is 0 Å². The molecule has 0 atom stereocenters. The summed E-state index contributed by atoms with van der Waals surface area (Å²) in [6, 6.07) is 8.50. The largest absolute Gasteiger partial charge is 0.275 e. The van der Waals surface area contributed by atoms with Crippen LogP contribution in [0.5, 0.6) is 0 Å². The number of aryl methyl sites for hydroxylation is 1. The maximum absolute atomic E-state index is 13.0. The van der Waals surface area contributed by atoms with Crippen LogP contribution >= 0.6 is 0 Å². The molecule has 0 fully saturated rings. The molecule has 23 heavy (non-hydrogen) atoms. The predicted molar refractivity (Wildman–Crippen MR) is 85.2 cm³/mol. The van der Waals surface area contributed by atoms with Gasteiger partial charge in [-0.25, -0.2) is 4.39 Å². The van der Waals surface area contributed by atoms with E-state index in [1.165, 1.54) is 12.1 Å². The zero-order chi connectivity index (χ0) is 15.8. The standard InChI is InChI=1S/C17H14FN5/c1-22-11-14(8-20-22)13-6-17-16(19-7-13)9-21-23(17)10-12-2-4-15(18)5-3-12/h2-9,11H,10H2,1H3. The van der Waals surface area contributed by atoms with Crippen LogP contribution in [0.1, 0.15) is 5.56 Å². The third-order valence-corrected chi connectivity index (χ3v) is 3.78. The van der Waals surface area contributed by atoms with Crippen LogP contribution in [-0.4, -0.2) is 24.5 Å². The summed E-state index contributed by atoms with van der Waals surface area (Å²) in [5.41, 5.74) is 4.77. The van der Waals surface area contributed by atoms with Crippen molar-refractivity contribution in [3.63, 3.8) is 0 Å². The van der Waals surface area contributed by atoms with Crippen molar-refractivity contribution in [2.24, 2.45) is 7.05 Å². The number of pyridine rings is 1. The quantitative estimate of drug-likeness (QED) is 0.584. The van der Waals surface area contributed by atoms with E-state index in [2.05, 4.69) is 21.2 Å². The number of fused-ring (bicyclic) bond motifs is 1. The van der Waals surface area contributed by atoms with Crippen LogP contribution < -0.4 is 0 Å². The van der Waals surface area contributed by atoms with Gasteiger partial charge in [0.15, 0.2) is 0 Å². The Morgan fingerprint density at radius 1 is 1.00 bits per heavy atom. The monoisotopic (exact) mass is 307 g/mol. The summed E-state index contributed by atoms with van der Waals surface area (Å²) in [7, 11) is 1.88. The molecular weight excluding hydrogens is 293 g/mol. The van der Waals surface area contributed by atoms with Crippen LogP contribution in [0.2, 0.25) is 0 Å². The van der Waals surface area contributed by atoms with E-state index in [-0.39, 0.29) is 5.82 Å². The number of halogens is 1. The van der Waals surface area contributed by atoms with E-state index < -0.39 is 0 Å². The molecule has 0 saturated heterocycles. The first-order valence-corrected chi connectivity index (χ1v) is 7.24. The van der Waals surface area contributed by atoms with Crippen molar-refractivity contribution in [3.05, 3.63) is 66.5 Å². The summed E-state index contributed by atoms with van der Waals surface area (Å²) in [6.07, 6.45) is 7.32. The molecule has 0 amide bonds. The molecule has 0 aliphatic rings. The Balaban J connectivity index is 1.74. The Morgan fingerprint density at radius 3 is 2.57 bits per heavy atom. The van der Waals surface area contributed by atoms with E-state index in [0.29, 0.717) is 6.54 Å². The lowest BCUT2D eigenvalue weighted by Crippen LogP contribution is -2.01. The highest BCUT2D eigenvalue weighted by atomic mass is 19.1. The molecule has 0 unspecified atom stereocenters. The molecule has 4 rings (SSSR count). The zero-order valence-electron chi connectivity index (χ0n) is 12.5. The second kappa shape index (κ2) is 5.31. The van der Waals surface area contributed by atoms with Gasteiger partial charge in [0.05, 0.1) is 24.5 Å². The first-order valence-electron chi connectivity index (χ1n) is 7.24. The SMILES string of the molecule is Cn1cc(-c2cnc3cnn(Cc4ccc(F)cc4)c3c2)cn1. The van der Waals surface area contributed by atoms with Gasteiger partial charge in [-0.3, -0.25) is 14.3 Å². The normalized spacial score (nSPS) is 11.2.